The molecular formula is C14H20ClIN2OS. The van der Waals surface area contributed by atoms with Gasteiger partial charge in [-0.2, -0.15) is 0 Å². The van der Waals surface area contributed by atoms with Crippen molar-refractivity contribution in [1.82, 2.24) is 9.55 Å². The molecule has 1 saturated heterocycles. The highest BCUT2D eigenvalue weighted by atomic mass is 127. The lowest BCUT2D eigenvalue weighted by Crippen LogP contribution is -2.28. The molecule has 0 N–H and O–H groups in total. The number of aromatic nitrogens is 2. The van der Waals surface area contributed by atoms with Crippen molar-refractivity contribution in [3.8, 4) is 0 Å². The predicted octanol–water partition coefficient (Wildman–Crippen LogP) is 5.02. The molecular weight excluding hydrogens is 407 g/mol. The molecule has 1 fully saturated rings. The lowest BCUT2D eigenvalue weighted by Gasteiger charge is -2.26. The van der Waals surface area contributed by atoms with Crippen LogP contribution in [0.15, 0.2) is 24.5 Å². The Morgan fingerprint density at radius 1 is 1.40 bits per heavy atom. The average molecular weight is 427 g/mol. The third kappa shape index (κ3) is 4.51. The van der Waals surface area contributed by atoms with E-state index in [0.29, 0.717) is 5.15 Å². The molecule has 0 amide bonds. The van der Waals surface area contributed by atoms with Crippen LogP contribution in [0.5, 0.6) is 0 Å². The second-order valence-corrected chi connectivity index (χ2v) is 4.59. The first-order chi connectivity index (χ1) is 9.84. The van der Waals surface area contributed by atoms with Crippen LogP contribution in [-0.4, -0.2) is 22.8 Å². The van der Waals surface area contributed by atoms with Crippen LogP contribution in [0.25, 0.3) is 10.9 Å². The van der Waals surface area contributed by atoms with Gasteiger partial charge in [-0.25, -0.2) is 4.98 Å². The summed E-state index contributed by atoms with van der Waals surface area (Å²) < 4.78 is 7.41. The van der Waals surface area contributed by atoms with Gasteiger partial charge in [0.1, 0.15) is 5.15 Å². The highest BCUT2D eigenvalue weighted by Gasteiger charge is 2.18. The van der Waals surface area contributed by atoms with Gasteiger partial charge in [0.25, 0.3) is 0 Å². The number of ether oxygens (including phenoxy) is 1. The molecule has 2 aromatic rings. The van der Waals surface area contributed by atoms with Crippen molar-refractivity contribution >= 4 is 53.5 Å². The molecule has 0 spiro atoms. The van der Waals surface area contributed by atoms with Gasteiger partial charge in [0, 0.05) is 30.2 Å². The van der Waals surface area contributed by atoms with Crippen LogP contribution >= 0.6 is 42.6 Å². The smallest absolute Gasteiger partial charge is 0.138 e. The molecule has 1 aliphatic rings. The Kier molecular flexibility index (Phi) is 8.91. The van der Waals surface area contributed by atoms with Crippen LogP contribution in [-0.2, 0) is 11.3 Å². The van der Waals surface area contributed by atoms with Gasteiger partial charge in [0.05, 0.1) is 18.7 Å². The van der Waals surface area contributed by atoms with Crippen LogP contribution in [0.1, 0.15) is 20.3 Å². The quantitative estimate of drug-likeness (QED) is 0.424. The van der Waals surface area contributed by atoms with Crippen molar-refractivity contribution in [2.45, 2.75) is 26.8 Å². The molecule has 0 bridgehead atoms. The topological polar surface area (TPSA) is 27.1 Å². The second-order valence-electron chi connectivity index (χ2n) is 4.24. The van der Waals surface area contributed by atoms with E-state index in [1.54, 1.807) is 6.20 Å². The van der Waals surface area contributed by atoms with E-state index in [2.05, 4.69) is 25.5 Å². The standard InChI is InChI=1S/C12H13ClN2O.C2H6.HIS/c13-12-10-3-6-15(11(10)1-4-14-12)5-2-9-7-16-8-9;2*1-2/h1,3-4,6,9H,2,5,7-8H2;1-2H3;2H. The second kappa shape index (κ2) is 9.87. The summed E-state index contributed by atoms with van der Waals surface area (Å²) in [6.45, 7) is 6.86. The molecule has 20 heavy (non-hydrogen) atoms. The third-order valence-corrected chi connectivity index (χ3v) is 3.44. The van der Waals surface area contributed by atoms with Gasteiger partial charge in [-0.05, 0) is 39.8 Å². The van der Waals surface area contributed by atoms with Crippen LogP contribution in [0, 0.1) is 5.92 Å². The summed E-state index contributed by atoms with van der Waals surface area (Å²) >= 11 is 7.87. The largest absolute Gasteiger partial charge is 0.381 e. The first-order valence-corrected chi connectivity index (χ1v) is 10.3. The molecule has 0 saturated carbocycles. The summed E-state index contributed by atoms with van der Waals surface area (Å²) in [4.78, 5) is 4.08. The lowest BCUT2D eigenvalue weighted by molar-refractivity contribution is -0.0370. The van der Waals surface area contributed by atoms with Crippen molar-refractivity contribution in [3.05, 3.63) is 29.7 Å². The van der Waals surface area contributed by atoms with E-state index in [-0.39, 0.29) is 0 Å². The van der Waals surface area contributed by atoms with Crippen molar-refractivity contribution in [1.29, 1.82) is 0 Å². The number of halogens is 2. The van der Waals surface area contributed by atoms with Crippen molar-refractivity contribution in [2.24, 2.45) is 5.92 Å². The Balaban J connectivity index is 0.000000461. The molecule has 0 unspecified atom stereocenters. The van der Waals surface area contributed by atoms with E-state index in [1.165, 1.54) is 11.9 Å². The molecule has 1 aliphatic heterocycles. The summed E-state index contributed by atoms with van der Waals surface area (Å²) in [5.41, 5.74) is 1.17. The van der Waals surface area contributed by atoms with E-state index >= 15 is 0 Å². The SMILES string of the molecule is CC.Clc1nccc2c1ccn2CCC1COC1.SI. The first-order valence-electron chi connectivity index (χ1n) is 6.68. The average Bonchev–Trinajstić information content (AvgIpc) is 2.87. The molecule has 0 radical (unpaired) electrons. The highest BCUT2D eigenvalue weighted by molar-refractivity contribution is 14.2. The van der Waals surface area contributed by atoms with E-state index in [0.717, 1.165) is 31.1 Å². The van der Waals surface area contributed by atoms with Crippen LogP contribution in [0.3, 0.4) is 0 Å². The van der Waals surface area contributed by atoms with E-state index in [9.17, 15) is 0 Å². The maximum absolute atomic E-state index is 6.03. The minimum absolute atomic E-state index is 0.586. The number of fused-ring (bicyclic) bond motifs is 1. The fourth-order valence-corrected chi connectivity index (χ4v) is 2.27. The zero-order chi connectivity index (χ0) is 15.0. The molecule has 3 nitrogen and oxygen atoms in total. The predicted molar refractivity (Wildman–Crippen MR) is 98.0 cm³/mol. The Morgan fingerprint density at radius 3 is 2.70 bits per heavy atom. The molecule has 6 heteroatoms. The first kappa shape index (κ1) is 18.1. The summed E-state index contributed by atoms with van der Waals surface area (Å²) in [6, 6.07) is 4.04. The van der Waals surface area contributed by atoms with Crippen molar-refractivity contribution in [3.63, 3.8) is 0 Å². The zero-order valence-corrected chi connectivity index (χ0v) is 15.5. The van der Waals surface area contributed by atoms with E-state index in [1.807, 2.05) is 47.2 Å². The number of rotatable bonds is 3. The molecule has 0 aromatic carbocycles. The fraction of sp³-hybridized carbons (Fsp3) is 0.500. The molecule has 0 aliphatic carbocycles. The number of hydrogen-bond acceptors (Lipinski definition) is 3. The number of hydrogen-bond donors (Lipinski definition) is 1. The van der Waals surface area contributed by atoms with Crippen LogP contribution in [0.4, 0.5) is 0 Å². The van der Waals surface area contributed by atoms with E-state index in [4.69, 9.17) is 16.3 Å². The van der Waals surface area contributed by atoms with Crippen LogP contribution < -0.4 is 0 Å². The van der Waals surface area contributed by atoms with Gasteiger partial charge in [-0.1, -0.05) is 25.4 Å². The minimum atomic E-state index is 0.586. The Morgan fingerprint density at radius 2 is 2.10 bits per heavy atom. The number of pyridine rings is 1. The monoisotopic (exact) mass is 426 g/mol. The van der Waals surface area contributed by atoms with E-state index < -0.39 is 0 Å². The summed E-state index contributed by atoms with van der Waals surface area (Å²) in [5, 5.41) is 1.62. The van der Waals surface area contributed by atoms with Gasteiger partial charge in [0.2, 0.25) is 0 Å². The fourth-order valence-electron chi connectivity index (χ4n) is 2.06. The summed E-state index contributed by atoms with van der Waals surface area (Å²) in [7, 11) is 3.50. The molecule has 3 rings (SSSR count). The summed E-state index contributed by atoms with van der Waals surface area (Å²) in [6.07, 6.45) is 5.01. The summed E-state index contributed by atoms with van der Waals surface area (Å²) in [5.74, 6) is 0.731. The molecule has 112 valence electrons. The van der Waals surface area contributed by atoms with Gasteiger partial charge < -0.3 is 9.30 Å². The maximum Gasteiger partial charge on any atom is 0.138 e. The molecule has 2 aromatic heterocycles. The third-order valence-electron chi connectivity index (χ3n) is 3.13. The lowest BCUT2D eigenvalue weighted by atomic mass is 10.0. The Labute approximate surface area is 143 Å². The Hall–Kier alpha value is 0.0200. The van der Waals surface area contributed by atoms with Crippen molar-refractivity contribution < 1.29 is 4.74 Å². The van der Waals surface area contributed by atoms with Gasteiger partial charge in [-0.15, -0.1) is 9.80 Å². The maximum atomic E-state index is 6.03. The van der Waals surface area contributed by atoms with Gasteiger partial charge in [0.15, 0.2) is 0 Å². The number of thiol groups is 1. The number of nitrogens with zero attached hydrogens (tertiary/aromatic N) is 2. The van der Waals surface area contributed by atoms with Gasteiger partial charge >= 0.3 is 0 Å². The molecule has 0 atom stereocenters. The minimum Gasteiger partial charge on any atom is -0.381 e. The molecule has 3 heterocycles. The normalized spacial score (nSPS) is 13.8. The van der Waals surface area contributed by atoms with Crippen LogP contribution in [0.2, 0.25) is 5.15 Å². The number of aryl methyl sites for hydroxylation is 1. The zero-order valence-electron chi connectivity index (χ0n) is 11.7. The van der Waals surface area contributed by atoms with Crippen molar-refractivity contribution in [2.75, 3.05) is 13.2 Å². The van der Waals surface area contributed by atoms with Gasteiger partial charge in [-0.3, -0.25) is 0 Å². The highest BCUT2D eigenvalue weighted by Crippen LogP contribution is 2.23. The Bertz CT molecular complexity index is 517.